The maximum Gasteiger partial charge on any atom is 0.261 e. The summed E-state index contributed by atoms with van der Waals surface area (Å²) < 4.78 is 235. The van der Waals surface area contributed by atoms with Gasteiger partial charge < -0.3 is 75.1 Å². The topological polar surface area (TPSA) is 449 Å². The van der Waals surface area contributed by atoms with E-state index >= 15 is 0 Å². The monoisotopic (exact) mass is 2130 g/mol. The molecule has 30 nitrogen and oxygen atoms in total. The molecule has 0 radical (unpaired) electrons. The molecule has 6 N–H and O–H groups in total. The van der Waals surface area contributed by atoms with Gasteiger partial charge in [0.15, 0.2) is 46.0 Å². The summed E-state index contributed by atoms with van der Waals surface area (Å²) in [5, 5.41) is 0.0795. The van der Waals surface area contributed by atoms with Gasteiger partial charge in [-0.25, -0.2) is 0 Å². The van der Waals surface area contributed by atoms with Gasteiger partial charge >= 0.3 is 0 Å². The molecule has 12 heterocycles. The number of hydrogen-bond acceptors (Lipinski definition) is 30. The first-order valence-electron chi connectivity index (χ1n) is 43.9. The Morgan fingerprint density at radius 2 is 0.594 bits per heavy atom. The van der Waals surface area contributed by atoms with Crippen LogP contribution in [0.3, 0.4) is 0 Å². The lowest BCUT2D eigenvalue weighted by atomic mass is 9.72. The van der Waals surface area contributed by atoms with Gasteiger partial charge in [-0.3, -0.25) is 26.6 Å². The van der Waals surface area contributed by atoms with Gasteiger partial charge in [0.2, 0.25) is 0 Å². The van der Waals surface area contributed by atoms with Crippen molar-refractivity contribution in [1.82, 2.24) is 0 Å². The van der Waals surface area contributed by atoms with E-state index in [9.17, 15) is 51.2 Å². The van der Waals surface area contributed by atoms with Crippen molar-refractivity contribution >= 4 is 138 Å². The number of rotatable bonds is 22. The molecule has 0 aliphatic carbocycles. The summed E-state index contributed by atoms with van der Waals surface area (Å²) in [6.45, 7) is 14.9. The largest absolute Gasteiger partial charge is 0.770 e. The maximum absolute atomic E-state index is 9.79. The molecular weight excluding hydrogens is 2020 g/mol. The van der Waals surface area contributed by atoms with Crippen LogP contribution in [0.2, 0.25) is 0 Å². The molecular formula is C96H118O30S12-2. The molecule has 42 heteroatoms. The molecule has 18 rings (SSSR count). The molecule has 8 aliphatic rings. The highest BCUT2D eigenvalue weighted by atomic mass is 32.3. The minimum Gasteiger partial charge on any atom is -0.770 e. The van der Waals surface area contributed by atoms with Gasteiger partial charge in [0.1, 0.15) is 89.8 Å². The lowest BCUT2D eigenvalue weighted by Gasteiger charge is -2.32. The summed E-state index contributed by atoms with van der Waals surface area (Å²) in [6.07, 6.45) is 12.4. The number of ether oxygens (including phenoxy) is 12. The highest BCUT2D eigenvalue weighted by Crippen LogP contribution is 2.68. The quantitative estimate of drug-likeness (QED) is 0.0343. The lowest BCUT2D eigenvalue weighted by molar-refractivity contribution is -0.0391. The fraction of sp³-hybridized carbons (Fsp3) is 0.417. The van der Waals surface area contributed by atoms with Crippen molar-refractivity contribution in [2.75, 3.05) is 129 Å². The predicted molar refractivity (Wildman–Crippen MR) is 547 cm³/mol. The molecule has 2 saturated heterocycles. The summed E-state index contributed by atoms with van der Waals surface area (Å²) in [4.78, 5) is 9.93. The average Bonchev–Trinajstić information content (AvgIpc) is 1.56. The Balaban J connectivity index is 0.000000202. The Labute approximate surface area is 832 Å². The summed E-state index contributed by atoms with van der Waals surface area (Å²) in [5.74, 6) is 10.4. The van der Waals surface area contributed by atoms with Crippen LogP contribution < -0.4 is 37.9 Å². The molecule has 10 aromatic rings. The van der Waals surface area contributed by atoms with Crippen molar-refractivity contribution in [3.8, 4) is 65.5 Å². The summed E-state index contributed by atoms with van der Waals surface area (Å²) in [6, 6.07) is 67.8. The van der Waals surface area contributed by atoms with E-state index in [2.05, 4.69) is 210 Å². The number of sulfone groups is 2. The Hall–Kier alpha value is -8.00. The Kier molecular flexibility index (Phi) is 38.3. The minimum absolute atomic E-state index is 0.0817. The van der Waals surface area contributed by atoms with Crippen LogP contribution in [-0.4, -0.2) is 225 Å². The molecule has 0 amide bonds. The van der Waals surface area contributed by atoms with E-state index < -0.39 is 59.7 Å². The Bertz CT molecular complexity index is 6190. The minimum atomic E-state index is -4.35. The van der Waals surface area contributed by atoms with Crippen LogP contribution in [0.1, 0.15) is 153 Å². The van der Waals surface area contributed by atoms with Gasteiger partial charge in [-0.15, -0.1) is 68.9 Å². The van der Waals surface area contributed by atoms with Crippen molar-refractivity contribution in [1.29, 1.82) is 0 Å². The van der Waals surface area contributed by atoms with Crippen molar-refractivity contribution < 1.29 is 135 Å². The average molecular weight is 2140 g/mol. The van der Waals surface area contributed by atoms with Crippen LogP contribution in [0.25, 0.3) is 29.3 Å². The first kappa shape index (κ1) is 110. The van der Waals surface area contributed by atoms with Crippen LogP contribution in [0.15, 0.2) is 194 Å². The van der Waals surface area contributed by atoms with E-state index in [0.717, 1.165) is 153 Å². The van der Waals surface area contributed by atoms with Gasteiger partial charge in [0.05, 0.1) is 87.4 Å². The van der Waals surface area contributed by atoms with Gasteiger partial charge in [-0.1, -0.05) is 215 Å². The highest BCUT2D eigenvalue weighted by Gasteiger charge is 2.49. The van der Waals surface area contributed by atoms with Crippen LogP contribution >= 0.6 is 68.9 Å². The van der Waals surface area contributed by atoms with E-state index in [1.807, 2.05) is 0 Å². The van der Waals surface area contributed by atoms with Crippen molar-refractivity contribution in [3.63, 3.8) is 0 Å². The second-order valence-electron chi connectivity index (χ2n) is 34.4. The number of thioether (sulfide) groups is 2. The molecule has 10 atom stereocenters. The second kappa shape index (κ2) is 47.9. The number of benzene rings is 6. The number of aryl methyl sites for hydroxylation is 1. The van der Waals surface area contributed by atoms with Crippen molar-refractivity contribution in [2.45, 2.75) is 124 Å². The van der Waals surface area contributed by atoms with Crippen LogP contribution in [0, 0.1) is 6.92 Å². The molecule has 6 aromatic carbocycles. The smallest absolute Gasteiger partial charge is 0.261 e. The van der Waals surface area contributed by atoms with Crippen LogP contribution in [-0.2, 0) is 78.7 Å². The Morgan fingerprint density at radius 3 is 0.949 bits per heavy atom. The van der Waals surface area contributed by atoms with E-state index in [0.29, 0.717) is 157 Å². The van der Waals surface area contributed by atoms with E-state index in [4.69, 9.17) is 84.2 Å². The molecule has 10 unspecified atom stereocenters. The van der Waals surface area contributed by atoms with Crippen molar-refractivity contribution in [3.05, 3.63) is 246 Å². The molecule has 138 heavy (non-hydrogen) atoms. The molecule has 0 bridgehead atoms. The third kappa shape index (κ3) is 34.7. The van der Waals surface area contributed by atoms with Crippen LogP contribution in [0.4, 0.5) is 0 Å². The van der Waals surface area contributed by atoms with E-state index in [1.165, 1.54) is 33.4 Å². The number of fused-ring (bicyclic) bond motifs is 6. The zero-order chi connectivity index (χ0) is 100. The first-order valence-corrected chi connectivity index (χ1v) is 61.7. The van der Waals surface area contributed by atoms with Gasteiger partial charge in [0, 0.05) is 35.2 Å². The lowest BCUT2D eigenvalue weighted by Crippen LogP contribution is -2.30. The third-order valence-corrected chi connectivity index (χ3v) is 29.5. The molecule has 4 aromatic heterocycles. The van der Waals surface area contributed by atoms with E-state index in [1.54, 1.807) is 68.9 Å². The predicted octanol–water partition coefficient (Wildman–Crippen LogP) is 19.9. The van der Waals surface area contributed by atoms with Crippen molar-refractivity contribution in [2.24, 2.45) is 0 Å². The highest BCUT2D eigenvalue weighted by molar-refractivity contribution is 8.10. The second-order valence-corrected chi connectivity index (χ2v) is 53.8. The number of thiophene rings is 4. The SMILES string of the molecule is CCC(CC(CC(CC(CC(CC(C)c1ccccc1)c1ccccc1)c1ccccc1)c1ccccc1)c1ccccc1)c1ccccc1.CS(=O)(=O)O.CS(=O)(=O)O.CS(=O)(=O)O.CS(=O)(=O)O.CS(C)(=O)([O-])O.CS(C)(=O)([O-])O.Cc1sc(C2=C3OCCOC3C(c3sc(-c4sc(-c5sc(C6=C7OCCOC7C(C)S6)c6c5OCCO6)c5c4OCCO5)c4c3OCCO4)S2)c2c1OCCO2. The van der Waals surface area contributed by atoms with Gasteiger partial charge in [-0.05, 0) is 121 Å². The third-order valence-electron chi connectivity index (χ3n) is 21.5. The standard InChI is InChI=1S/C50H54.C38H34O12S6.2C2H8O3S.4CH4O3S/c1-3-40(42-24-12-5-13-25-42)35-48(44-28-16-7-17-29-44)37-50(46-32-20-9-21-33-46)38-49(45-30-18-8-19-31-45)36-47(43-26-14-6-15-27-43)34-39(2)41-22-10-4-11-23-41;1-15-17-19(41-5-3-39-17)29(51-15)31-21-23(45-9-7-43-21)33(53-31)35-25-27(49-13-11-47-25)37(55-35)38-28-26(48-12-14-50-28)36(56-38)34-24-22(44-8-10-46-24)32(54-34)30-20-18(16(2)52-30)40-4-6-42-20;2*1-6(2,3,4)5;4*1-5(2,3)4/h4-33,39-40,47-50H,3,34-38H2,1-2H3;15,17,24,34H,3-14H2,1-2H3;2*1-2H3,(H2,3,4,5);4*1H3,(H,2,3,4)/p-2. The number of hydrogen-bond donors (Lipinski definition) is 6. The summed E-state index contributed by atoms with van der Waals surface area (Å²) >= 11 is 10.1. The van der Waals surface area contributed by atoms with Crippen LogP contribution in [0.5, 0.6) is 46.0 Å². The Morgan fingerprint density at radius 1 is 0.348 bits per heavy atom. The molecule has 756 valence electrons. The fourth-order valence-corrected chi connectivity index (χ4v) is 24.5. The maximum atomic E-state index is 9.79. The molecule has 0 spiro atoms. The summed E-state index contributed by atoms with van der Waals surface area (Å²) in [5.41, 5.74) is 8.76. The zero-order valence-corrected chi connectivity index (χ0v) is 88.0. The molecule has 2 fully saturated rings. The van der Waals surface area contributed by atoms with Gasteiger partial charge in [-0.2, -0.15) is 33.7 Å². The van der Waals surface area contributed by atoms with E-state index in [-0.39, 0.29) is 22.7 Å². The zero-order valence-electron chi connectivity index (χ0n) is 78.2. The first-order chi connectivity index (χ1) is 64.8. The van der Waals surface area contributed by atoms with Gasteiger partial charge in [0.25, 0.3) is 40.5 Å². The fourth-order valence-electron chi connectivity index (χ4n) is 16.4. The molecule has 0 saturated carbocycles. The molecule has 8 aliphatic heterocycles. The summed E-state index contributed by atoms with van der Waals surface area (Å²) in [7, 11) is -23.4. The normalized spacial score (nSPS) is 19.2.